The second-order valence-electron chi connectivity index (χ2n) is 4.43. The second-order valence-corrected chi connectivity index (χ2v) is 6.29. The van der Waals surface area contributed by atoms with Gasteiger partial charge >= 0.3 is 5.97 Å². The molecule has 0 radical (unpaired) electrons. The molecule has 2 atom stereocenters. The summed E-state index contributed by atoms with van der Waals surface area (Å²) in [6.07, 6.45) is 2.15. The smallest absolute Gasteiger partial charge is 0.306 e. The number of nitrogens with zero attached hydrogens (tertiary/aromatic N) is 1. The van der Waals surface area contributed by atoms with E-state index < -0.39 is 10.8 Å². The molecule has 1 amide bonds. The maximum absolute atomic E-state index is 11.9. The first-order chi connectivity index (χ1) is 8.54. The first-order valence-corrected chi connectivity index (χ1v) is 7.73. The van der Waals surface area contributed by atoms with Gasteiger partial charge in [0.2, 0.25) is 5.91 Å². The van der Waals surface area contributed by atoms with Crippen LogP contribution in [0.3, 0.4) is 0 Å². The summed E-state index contributed by atoms with van der Waals surface area (Å²) in [5.74, 6) is -0.408. The SMILES string of the molecule is CCOC(=O)CC(C)S(=O)CC(=O)N1CCCC1. The van der Waals surface area contributed by atoms with Crippen LogP contribution in [-0.2, 0) is 25.1 Å². The third-order valence-corrected chi connectivity index (χ3v) is 4.53. The lowest BCUT2D eigenvalue weighted by molar-refractivity contribution is -0.143. The molecule has 1 fully saturated rings. The van der Waals surface area contributed by atoms with Crippen LogP contribution in [0.4, 0.5) is 0 Å². The normalized spacial score (nSPS) is 18.4. The van der Waals surface area contributed by atoms with Gasteiger partial charge in [0, 0.05) is 29.1 Å². The van der Waals surface area contributed by atoms with Crippen LogP contribution in [0.2, 0.25) is 0 Å². The number of hydrogen-bond donors (Lipinski definition) is 0. The fourth-order valence-electron chi connectivity index (χ4n) is 1.87. The summed E-state index contributed by atoms with van der Waals surface area (Å²) in [6.45, 7) is 5.30. The number of hydrogen-bond acceptors (Lipinski definition) is 4. The molecule has 2 unspecified atom stereocenters. The molecule has 18 heavy (non-hydrogen) atoms. The van der Waals surface area contributed by atoms with Crippen molar-refractivity contribution < 1.29 is 18.5 Å². The molecule has 104 valence electrons. The predicted octanol–water partition coefficient (Wildman–Crippen LogP) is 0.699. The van der Waals surface area contributed by atoms with E-state index in [4.69, 9.17) is 4.74 Å². The van der Waals surface area contributed by atoms with Crippen molar-refractivity contribution in [2.24, 2.45) is 0 Å². The highest BCUT2D eigenvalue weighted by atomic mass is 32.2. The molecule has 5 nitrogen and oxygen atoms in total. The summed E-state index contributed by atoms with van der Waals surface area (Å²) in [5.41, 5.74) is 0. The molecular formula is C12H21NO4S. The van der Waals surface area contributed by atoms with Crippen LogP contribution in [0.5, 0.6) is 0 Å². The molecule has 0 N–H and O–H groups in total. The third kappa shape index (κ3) is 4.76. The van der Waals surface area contributed by atoms with Gasteiger partial charge in [0.25, 0.3) is 0 Å². The molecule has 0 aliphatic carbocycles. The Bertz CT molecular complexity index is 326. The summed E-state index contributed by atoms with van der Waals surface area (Å²) in [4.78, 5) is 24.8. The van der Waals surface area contributed by atoms with Crippen LogP contribution in [0.1, 0.15) is 33.1 Å². The van der Waals surface area contributed by atoms with Crippen molar-refractivity contribution >= 4 is 22.7 Å². The molecular weight excluding hydrogens is 254 g/mol. The molecule has 0 aromatic rings. The summed E-state index contributed by atoms with van der Waals surface area (Å²) >= 11 is 0. The monoisotopic (exact) mass is 275 g/mol. The van der Waals surface area contributed by atoms with E-state index in [1.807, 2.05) is 0 Å². The minimum atomic E-state index is -1.31. The number of ether oxygens (including phenoxy) is 1. The van der Waals surface area contributed by atoms with E-state index in [0.29, 0.717) is 6.61 Å². The van der Waals surface area contributed by atoms with Crippen molar-refractivity contribution in [3.63, 3.8) is 0 Å². The summed E-state index contributed by atoms with van der Waals surface area (Å²) in [6, 6.07) is 0. The van der Waals surface area contributed by atoms with Gasteiger partial charge in [-0.2, -0.15) is 0 Å². The first kappa shape index (κ1) is 15.1. The molecule has 1 saturated heterocycles. The summed E-state index contributed by atoms with van der Waals surface area (Å²) in [5, 5.41) is -0.337. The first-order valence-electron chi connectivity index (χ1n) is 6.35. The van der Waals surface area contributed by atoms with Crippen molar-refractivity contribution in [1.29, 1.82) is 0 Å². The number of amides is 1. The number of carbonyl (C=O) groups excluding carboxylic acids is 2. The summed E-state index contributed by atoms with van der Waals surface area (Å²) < 4.78 is 16.7. The van der Waals surface area contributed by atoms with Gasteiger partial charge in [-0.05, 0) is 19.8 Å². The number of esters is 1. The topological polar surface area (TPSA) is 63.7 Å². The van der Waals surface area contributed by atoms with Gasteiger partial charge in [-0.1, -0.05) is 6.92 Å². The Morgan fingerprint density at radius 1 is 1.33 bits per heavy atom. The maximum Gasteiger partial charge on any atom is 0.306 e. The van der Waals surface area contributed by atoms with Crippen molar-refractivity contribution in [2.45, 2.75) is 38.4 Å². The lowest BCUT2D eigenvalue weighted by Gasteiger charge is -2.16. The predicted molar refractivity (Wildman–Crippen MR) is 69.5 cm³/mol. The zero-order valence-corrected chi connectivity index (χ0v) is 11.8. The average molecular weight is 275 g/mol. The molecule has 0 saturated carbocycles. The van der Waals surface area contributed by atoms with E-state index >= 15 is 0 Å². The fraction of sp³-hybridized carbons (Fsp3) is 0.833. The van der Waals surface area contributed by atoms with Crippen molar-refractivity contribution in [3.05, 3.63) is 0 Å². The minimum absolute atomic E-state index is 0.0145. The van der Waals surface area contributed by atoms with Gasteiger partial charge in [0.1, 0.15) is 5.75 Å². The third-order valence-electron chi connectivity index (χ3n) is 2.93. The molecule has 0 aromatic heterocycles. The highest BCUT2D eigenvalue weighted by Crippen LogP contribution is 2.10. The average Bonchev–Trinajstić information content (AvgIpc) is 2.82. The van der Waals surface area contributed by atoms with Gasteiger partial charge in [0.05, 0.1) is 13.0 Å². The zero-order valence-electron chi connectivity index (χ0n) is 11.0. The van der Waals surface area contributed by atoms with Crippen LogP contribution in [0.25, 0.3) is 0 Å². The number of likely N-dealkylation sites (tertiary alicyclic amines) is 1. The van der Waals surface area contributed by atoms with Crippen molar-refractivity contribution in [1.82, 2.24) is 4.90 Å². The Balaban J connectivity index is 2.34. The van der Waals surface area contributed by atoms with E-state index in [9.17, 15) is 13.8 Å². The largest absolute Gasteiger partial charge is 0.466 e. The van der Waals surface area contributed by atoms with Crippen LogP contribution in [-0.4, -0.2) is 51.7 Å². The maximum atomic E-state index is 11.9. The van der Waals surface area contributed by atoms with Crippen LogP contribution < -0.4 is 0 Å². The van der Waals surface area contributed by atoms with Crippen LogP contribution in [0, 0.1) is 0 Å². The Hall–Kier alpha value is -0.910. The van der Waals surface area contributed by atoms with Gasteiger partial charge < -0.3 is 9.64 Å². The Kier molecular flexibility index (Phi) is 6.32. The second kappa shape index (κ2) is 7.51. The van der Waals surface area contributed by atoms with E-state index in [1.54, 1.807) is 18.7 Å². The van der Waals surface area contributed by atoms with Crippen LogP contribution >= 0.6 is 0 Å². The molecule has 0 bridgehead atoms. The lowest BCUT2D eigenvalue weighted by Crippen LogP contribution is -2.34. The minimum Gasteiger partial charge on any atom is -0.466 e. The van der Waals surface area contributed by atoms with Gasteiger partial charge in [-0.3, -0.25) is 13.8 Å². The highest BCUT2D eigenvalue weighted by molar-refractivity contribution is 7.86. The van der Waals surface area contributed by atoms with Crippen molar-refractivity contribution in [2.75, 3.05) is 25.4 Å². The molecule has 1 rings (SSSR count). The van der Waals surface area contributed by atoms with Crippen molar-refractivity contribution in [3.8, 4) is 0 Å². The zero-order chi connectivity index (χ0) is 13.5. The van der Waals surface area contributed by atoms with E-state index in [-0.39, 0.29) is 29.3 Å². The Morgan fingerprint density at radius 2 is 1.94 bits per heavy atom. The standard InChI is InChI=1S/C12H21NO4S/c1-3-17-12(15)8-10(2)18(16)9-11(14)13-6-4-5-7-13/h10H,3-9H2,1-2H3. The van der Waals surface area contributed by atoms with E-state index in [1.165, 1.54) is 0 Å². The molecule has 1 aliphatic heterocycles. The van der Waals surface area contributed by atoms with E-state index in [2.05, 4.69) is 0 Å². The van der Waals surface area contributed by atoms with Crippen LogP contribution in [0.15, 0.2) is 0 Å². The van der Waals surface area contributed by atoms with Gasteiger partial charge in [-0.15, -0.1) is 0 Å². The Labute approximate surface area is 110 Å². The van der Waals surface area contributed by atoms with Gasteiger partial charge in [-0.25, -0.2) is 0 Å². The fourth-order valence-corrected chi connectivity index (χ4v) is 2.90. The molecule has 0 aromatic carbocycles. The molecule has 1 aliphatic rings. The Morgan fingerprint density at radius 3 is 2.50 bits per heavy atom. The quantitative estimate of drug-likeness (QED) is 0.669. The number of carbonyl (C=O) groups is 2. The molecule has 6 heteroatoms. The molecule has 0 spiro atoms. The van der Waals surface area contributed by atoms with E-state index in [0.717, 1.165) is 25.9 Å². The number of rotatable bonds is 6. The lowest BCUT2D eigenvalue weighted by atomic mass is 10.3. The summed E-state index contributed by atoms with van der Waals surface area (Å²) in [7, 11) is -1.31. The van der Waals surface area contributed by atoms with Gasteiger partial charge in [0.15, 0.2) is 0 Å². The molecule has 1 heterocycles. The highest BCUT2D eigenvalue weighted by Gasteiger charge is 2.23.